The number of amides is 3. The van der Waals surface area contributed by atoms with Gasteiger partial charge in [0, 0.05) is 26.6 Å². The molecule has 3 rings (SSSR count). The van der Waals surface area contributed by atoms with Gasteiger partial charge in [-0.15, -0.1) is 0 Å². The summed E-state index contributed by atoms with van der Waals surface area (Å²) in [7, 11) is 0. The molecule has 1 aliphatic heterocycles. The van der Waals surface area contributed by atoms with Crippen molar-refractivity contribution in [1.82, 2.24) is 15.5 Å². The standard InChI is InChI=1S/C25H37N3O3.C7H14O/c1-16(2)17(3)20-12-10-19(11-13-20)15-26-23(30)21-9-8-14-28(21)24(31)22(25(5,6)7)27-18(4)29;8-6-7-4-2-1-3-5-7/h10-13,21-22H,8-9,14-15H2,1-7H3,(H,26,30)(H,27,29);7-8H,1-6H2. The molecule has 1 saturated heterocycles. The Kier molecular flexibility index (Phi) is 12.7. The van der Waals surface area contributed by atoms with E-state index in [1.807, 2.05) is 32.9 Å². The number of carbonyl (C=O) groups is 3. The second kappa shape index (κ2) is 15.2. The van der Waals surface area contributed by atoms with E-state index in [1.165, 1.54) is 55.7 Å². The van der Waals surface area contributed by atoms with Crippen molar-refractivity contribution in [3.05, 3.63) is 41.0 Å². The Morgan fingerprint density at radius 3 is 2.05 bits per heavy atom. The van der Waals surface area contributed by atoms with Gasteiger partial charge >= 0.3 is 0 Å². The van der Waals surface area contributed by atoms with Gasteiger partial charge in [0.25, 0.3) is 0 Å². The zero-order valence-electron chi connectivity index (χ0n) is 25.2. The molecule has 2 atom stereocenters. The second-order valence-corrected chi connectivity index (χ2v) is 12.4. The summed E-state index contributed by atoms with van der Waals surface area (Å²) in [5.74, 6) is 0.0526. The van der Waals surface area contributed by atoms with Crippen LogP contribution in [-0.4, -0.2) is 53.0 Å². The van der Waals surface area contributed by atoms with Crippen LogP contribution in [0.5, 0.6) is 0 Å². The summed E-state index contributed by atoms with van der Waals surface area (Å²) in [5, 5.41) is 14.4. The third kappa shape index (κ3) is 10.1. The average molecular weight is 542 g/mol. The number of nitrogens with one attached hydrogen (secondary N) is 2. The zero-order chi connectivity index (χ0) is 29.2. The summed E-state index contributed by atoms with van der Waals surface area (Å²) in [4.78, 5) is 39.4. The van der Waals surface area contributed by atoms with Crippen LogP contribution < -0.4 is 10.6 Å². The number of carbonyl (C=O) groups excluding carboxylic acids is 3. The molecule has 1 saturated carbocycles. The molecule has 1 aromatic rings. The molecule has 7 heteroatoms. The van der Waals surface area contributed by atoms with Gasteiger partial charge in [0.15, 0.2) is 0 Å². The minimum atomic E-state index is -0.663. The Morgan fingerprint density at radius 1 is 0.949 bits per heavy atom. The Bertz CT molecular complexity index is 984. The SMILES string of the molecule is CC(=O)NC(C(=O)N1CCCC1C(=O)NCc1ccc(C(C)=C(C)C)cc1)C(C)(C)C.OCC1CCCCC1. The highest BCUT2D eigenvalue weighted by molar-refractivity contribution is 5.92. The summed E-state index contributed by atoms with van der Waals surface area (Å²) in [6.07, 6.45) is 7.99. The lowest BCUT2D eigenvalue weighted by Crippen LogP contribution is -2.57. The molecule has 1 aromatic carbocycles. The predicted molar refractivity (Wildman–Crippen MR) is 158 cm³/mol. The Hall–Kier alpha value is -2.67. The fourth-order valence-corrected chi connectivity index (χ4v) is 5.16. The van der Waals surface area contributed by atoms with Crippen molar-refractivity contribution >= 4 is 23.3 Å². The monoisotopic (exact) mass is 541 g/mol. The van der Waals surface area contributed by atoms with Gasteiger partial charge in [-0.2, -0.15) is 0 Å². The molecule has 3 amide bonds. The van der Waals surface area contributed by atoms with Crippen LogP contribution in [0.2, 0.25) is 0 Å². The molecule has 1 heterocycles. The number of allylic oxidation sites excluding steroid dienone is 2. The van der Waals surface area contributed by atoms with E-state index in [2.05, 4.69) is 43.5 Å². The van der Waals surface area contributed by atoms with Crippen molar-refractivity contribution in [1.29, 1.82) is 0 Å². The number of likely N-dealkylation sites (tertiary alicyclic amines) is 1. The van der Waals surface area contributed by atoms with Gasteiger partial charge < -0.3 is 20.6 Å². The molecule has 0 aromatic heterocycles. The van der Waals surface area contributed by atoms with Crippen molar-refractivity contribution < 1.29 is 19.5 Å². The number of nitrogens with zero attached hydrogens (tertiary/aromatic N) is 1. The number of hydrogen-bond donors (Lipinski definition) is 3. The van der Waals surface area contributed by atoms with Gasteiger partial charge in [0.1, 0.15) is 12.1 Å². The van der Waals surface area contributed by atoms with E-state index in [1.54, 1.807) is 4.90 Å². The predicted octanol–water partition coefficient (Wildman–Crippen LogP) is 5.22. The molecule has 2 aliphatic rings. The van der Waals surface area contributed by atoms with E-state index < -0.39 is 17.5 Å². The molecule has 2 unspecified atom stereocenters. The summed E-state index contributed by atoms with van der Waals surface area (Å²) in [5.41, 5.74) is 4.27. The van der Waals surface area contributed by atoms with Gasteiger partial charge in [-0.05, 0) is 74.5 Å². The second-order valence-electron chi connectivity index (χ2n) is 12.4. The van der Waals surface area contributed by atoms with Crippen molar-refractivity contribution in [2.45, 2.75) is 112 Å². The van der Waals surface area contributed by atoms with Crippen molar-refractivity contribution in [3.63, 3.8) is 0 Å². The van der Waals surface area contributed by atoms with Crippen molar-refractivity contribution in [2.75, 3.05) is 13.2 Å². The molecule has 1 aliphatic carbocycles. The molecular formula is C32H51N3O4. The Morgan fingerprint density at radius 2 is 1.56 bits per heavy atom. The molecule has 2 fully saturated rings. The van der Waals surface area contributed by atoms with E-state index in [0.29, 0.717) is 32.0 Å². The van der Waals surface area contributed by atoms with Crippen LogP contribution in [0, 0.1) is 11.3 Å². The molecule has 39 heavy (non-hydrogen) atoms. The van der Waals surface area contributed by atoms with Crippen LogP contribution in [0.3, 0.4) is 0 Å². The minimum Gasteiger partial charge on any atom is -0.396 e. The summed E-state index contributed by atoms with van der Waals surface area (Å²) in [6.45, 7) is 14.8. The number of hydrogen-bond acceptors (Lipinski definition) is 4. The topological polar surface area (TPSA) is 98.7 Å². The highest BCUT2D eigenvalue weighted by atomic mass is 16.3. The quantitative estimate of drug-likeness (QED) is 0.441. The van der Waals surface area contributed by atoms with E-state index in [9.17, 15) is 14.4 Å². The molecule has 3 N–H and O–H groups in total. The fourth-order valence-electron chi connectivity index (χ4n) is 5.16. The lowest BCUT2D eigenvalue weighted by Gasteiger charge is -2.35. The number of aliphatic hydroxyl groups is 1. The van der Waals surface area contributed by atoms with Gasteiger partial charge in [-0.3, -0.25) is 14.4 Å². The summed E-state index contributed by atoms with van der Waals surface area (Å²) < 4.78 is 0. The van der Waals surface area contributed by atoms with Crippen LogP contribution in [-0.2, 0) is 20.9 Å². The van der Waals surface area contributed by atoms with E-state index in [4.69, 9.17) is 5.11 Å². The maximum Gasteiger partial charge on any atom is 0.246 e. The van der Waals surface area contributed by atoms with Crippen LogP contribution in [0.25, 0.3) is 5.57 Å². The zero-order valence-corrected chi connectivity index (χ0v) is 25.2. The molecule has 0 spiro atoms. The molecule has 0 radical (unpaired) electrons. The van der Waals surface area contributed by atoms with Gasteiger partial charge in [0.05, 0.1) is 0 Å². The maximum absolute atomic E-state index is 13.2. The Labute approximate surface area is 235 Å². The first-order chi connectivity index (χ1) is 18.3. The Balaban J connectivity index is 0.000000568. The lowest BCUT2D eigenvalue weighted by molar-refractivity contribution is -0.143. The molecular weight excluding hydrogens is 490 g/mol. The van der Waals surface area contributed by atoms with Gasteiger partial charge in [-0.1, -0.05) is 69.9 Å². The fraction of sp³-hybridized carbons (Fsp3) is 0.656. The van der Waals surface area contributed by atoms with Gasteiger partial charge in [0.2, 0.25) is 17.7 Å². The summed E-state index contributed by atoms with van der Waals surface area (Å²) >= 11 is 0. The highest BCUT2D eigenvalue weighted by Gasteiger charge is 2.41. The number of benzene rings is 1. The van der Waals surface area contributed by atoms with Crippen LogP contribution in [0.4, 0.5) is 0 Å². The molecule has 7 nitrogen and oxygen atoms in total. The normalized spacial score (nSPS) is 18.5. The van der Waals surface area contributed by atoms with E-state index >= 15 is 0 Å². The first kappa shape index (κ1) is 32.5. The highest BCUT2D eigenvalue weighted by Crippen LogP contribution is 2.26. The van der Waals surface area contributed by atoms with Crippen molar-refractivity contribution in [3.8, 4) is 0 Å². The number of rotatable bonds is 7. The largest absolute Gasteiger partial charge is 0.396 e. The van der Waals surface area contributed by atoms with Crippen LogP contribution in [0.1, 0.15) is 105 Å². The lowest BCUT2D eigenvalue weighted by atomic mass is 9.85. The average Bonchev–Trinajstić information content (AvgIpc) is 3.40. The third-order valence-electron chi connectivity index (χ3n) is 7.89. The van der Waals surface area contributed by atoms with Crippen LogP contribution in [0.15, 0.2) is 29.8 Å². The van der Waals surface area contributed by atoms with Gasteiger partial charge in [-0.25, -0.2) is 0 Å². The van der Waals surface area contributed by atoms with Crippen molar-refractivity contribution in [2.24, 2.45) is 11.3 Å². The molecule has 0 bridgehead atoms. The maximum atomic E-state index is 13.2. The smallest absolute Gasteiger partial charge is 0.246 e. The van der Waals surface area contributed by atoms with Crippen LogP contribution >= 0.6 is 0 Å². The first-order valence-electron chi connectivity index (χ1n) is 14.5. The van der Waals surface area contributed by atoms with E-state index in [0.717, 1.165) is 12.0 Å². The minimum absolute atomic E-state index is 0.147. The molecule has 218 valence electrons. The number of aliphatic hydroxyl groups excluding tert-OH is 1. The summed E-state index contributed by atoms with van der Waals surface area (Å²) in [6, 6.07) is 7.01. The van der Waals surface area contributed by atoms with E-state index in [-0.39, 0.29) is 17.7 Å². The third-order valence-corrected chi connectivity index (χ3v) is 7.89. The first-order valence-corrected chi connectivity index (χ1v) is 14.5.